The lowest BCUT2D eigenvalue weighted by Gasteiger charge is -2.26. The van der Waals surface area contributed by atoms with Crippen LogP contribution >= 0.6 is 24.8 Å². The smallest absolute Gasteiger partial charge is 0.0594 e. The molecular weight excluding hydrogens is 333 g/mol. The molecule has 0 radical (unpaired) electrons. The van der Waals surface area contributed by atoms with Crippen molar-refractivity contribution in [1.29, 1.82) is 0 Å². The number of anilines is 1. The molecule has 0 atom stereocenters. The van der Waals surface area contributed by atoms with Crippen LogP contribution in [0.5, 0.6) is 0 Å². The van der Waals surface area contributed by atoms with Gasteiger partial charge in [-0.25, -0.2) is 0 Å². The van der Waals surface area contributed by atoms with Gasteiger partial charge >= 0.3 is 0 Å². The van der Waals surface area contributed by atoms with Crippen LogP contribution in [0.3, 0.4) is 0 Å². The van der Waals surface area contributed by atoms with Crippen LogP contribution in [-0.4, -0.2) is 57.4 Å². The molecule has 1 heterocycles. The first kappa shape index (κ1) is 22.5. The molecule has 0 amide bonds. The highest BCUT2D eigenvalue weighted by molar-refractivity contribution is 5.85. The van der Waals surface area contributed by atoms with E-state index in [1.807, 2.05) is 0 Å². The van der Waals surface area contributed by atoms with Gasteiger partial charge in [-0.3, -0.25) is 4.90 Å². The predicted octanol–water partition coefficient (Wildman–Crippen LogP) is 2.80. The molecule has 1 N–H and O–H groups in total. The van der Waals surface area contributed by atoms with Crippen LogP contribution in [0.15, 0.2) is 24.3 Å². The molecule has 0 aromatic heterocycles. The molecule has 1 aliphatic rings. The number of nitrogens with zero attached hydrogens (tertiary/aromatic N) is 2. The number of halogens is 2. The van der Waals surface area contributed by atoms with Crippen LogP contribution in [0.25, 0.3) is 0 Å². The molecule has 1 aromatic carbocycles. The number of morpholine rings is 1. The molecule has 23 heavy (non-hydrogen) atoms. The van der Waals surface area contributed by atoms with Crippen LogP contribution in [-0.2, 0) is 11.3 Å². The summed E-state index contributed by atoms with van der Waals surface area (Å²) < 4.78 is 5.36. The molecule has 0 bridgehead atoms. The lowest BCUT2D eigenvalue weighted by molar-refractivity contribution is 0.0384. The van der Waals surface area contributed by atoms with Crippen molar-refractivity contribution in [3.63, 3.8) is 0 Å². The number of hydrogen-bond acceptors (Lipinski definition) is 4. The van der Waals surface area contributed by atoms with Gasteiger partial charge in [0.15, 0.2) is 0 Å². The van der Waals surface area contributed by atoms with Gasteiger partial charge in [0.1, 0.15) is 0 Å². The summed E-state index contributed by atoms with van der Waals surface area (Å²) in [6, 6.07) is 8.92. The Morgan fingerprint density at radius 3 is 2.22 bits per heavy atom. The van der Waals surface area contributed by atoms with E-state index in [9.17, 15) is 0 Å². The Balaban J connectivity index is 0.00000242. The molecule has 0 aliphatic carbocycles. The van der Waals surface area contributed by atoms with Crippen molar-refractivity contribution in [2.24, 2.45) is 0 Å². The number of rotatable bonds is 8. The van der Waals surface area contributed by atoms with E-state index in [2.05, 4.69) is 53.2 Å². The third-order valence-electron chi connectivity index (χ3n) is 4.10. The first-order chi connectivity index (χ1) is 10.3. The third-order valence-corrected chi connectivity index (χ3v) is 4.10. The van der Waals surface area contributed by atoms with Crippen molar-refractivity contribution in [2.45, 2.75) is 20.4 Å². The maximum Gasteiger partial charge on any atom is 0.0594 e. The highest BCUT2D eigenvalue weighted by atomic mass is 35.5. The molecule has 1 saturated heterocycles. The summed E-state index contributed by atoms with van der Waals surface area (Å²) in [5.41, 5.74) is 2.67. The molecular formula is C17H31Cl2N3O. The molecule has 4 nitrogen and oxygen atoms in total. The second kappa shape index (κ2) is 12.8. The van der Waals surface area contributed by atoms with Crippen molar-refractivity contribution in [3.8, 4) is 0 Å². The van der Waals surface area contributed by atoms with E-state index in [4.69, 9.17) is 4.74 Å². The van der Waals surface area contributed by atoms with Crippen LogP contribution in [0.1, 0.15) is 19.4 Å². The molecule has 1 fully saturated rings. The van der Waals surface area contributed by atoms with E-state index in [0.717, 1.165) is 59.0 Å². The summed E-state index contributed by atoms with van der Waals surface area (Å²) >= 11 is 0. The zero-order chi connectivity index (χ0) is 14.9. The third kappa shape index (κ3) is 7.73. The van der Waals surface area contributed by atoms with Crippen molar-refractivity contribution in [1.82, 2.24) is 10.2 Å². The zero-order valence-electron chi connectivity index (χ0n) is 14.3. The van der Waals surface area contributed by atoms with Crippen molar-refractivity contribution in [2.75, 3.05) is 57.4 Å². The van der Waals surface area contributed by atoms with Crippen LogP contribution < -0.4 is 10.2 Å². The Kier molecular flexibility index (Phi) is 12.6. The first-order valence-corrected chi connectivity index (χ1v) is 8.18. The molecule has 1 aliphatic heterocycles. The largest absolute Gasteiger partial charge is 0.379 e. The van der Waals surface area contributed by atoms with Gasteiger partial charge in [-0.1, -0.05) is 12.1 Å². The molecule has 2 rings (SSSR count). The monoisotopic (exact) mass is 363 g/mol. The Morgan fingerprint density at radius 2 is 1.65 bits per heavy atom. The summed E-state index contributed by atoms with van der Waals surface area (Å²) in [6.45, 7) is 13.5. The molecule has 134 valence electrons. The van der Waals surface area contributed by atoms with Gasteiger partial charge in [-0.2, -0.15) is 0 Å². The Labute approximate surface area is 153 Å². The standard InChI is InChI=1S/C17H29N3O.2ClH/c1-3-20(4-2)17-7-5-16(6-8-17)15-18-9-10-19-11-13-21-14-12-19;;/h5-8,18H,3-4,9-15H2,1-2H3;2*1H. The Hall–Kier alpha value is -0.520. The average molecular weight is 364 g/mol. The van der Waals surface area contributed by atoms with Gasteiger partial charge < -0.3 is 15.0 Å². The Morgan fingerprint density at radius 1 is 1.04 bits per heavy atom. The number of benzene rings is 1. The average Bonchev–Trinajstić information content (AvgIpc) is 2.55. The van der Waals surface area contributed by atoms with E-state index in [1.165, 1.54) is 11.3 Å². The lowest BCUT2D eigenvalue weighted by atomic mass is 10.2. The highest BCUT2D eigenvalue weighted by Gasteiger charge is 2.08. The molecule has 1 aromatic rings. The second-order valence-corrected chi connectivity index (χ2v) is 5.47. The van der Waals surface area contributed by atoms with Gasteiger partial charge in [0, 0.05) is 51.5 Å². The maximum atomic E-state index is 5.36. The molecule has 6 heteroatoms. The zero-order valence-corrected chi connectivity index (χ0v) is 15.9. The normalized spacial score (nSPS) is 14.7. The SMILES string of the molecule is CCN(CC)c1ccc(CNCCN2CCOCC2)cc1.Cl.Cl. The van der Waals surface area contributed by atoms with E-state index in [0.29, 0.717) is 0 Å². The van der Waals surface area contributed by atoms with Gasteiger partial charge in [0.25, 0.3) is 0 Å². The first-order valence-electron chi connectivity index (χ1n) is 8.18. The summed E-state index contributed by atoms with van der Waals surface area (Å²) in [4.78, 5) is 4.83. The fraction of sp³-hybridized carbons (Fsp3) is 0.647. The molecule has 0 unspecified atom stereocenters. The van der Waals surface area contributed by atoms with Gasteiger partial charge in [0.2, 0.25) is 0 Å². The number of hydrogen-bond donors (Lipinski definition) is 1. The van der Waals surface area contributed by atoms with Crippen LogP contribution in [0, 0.1) is 0 Å². The highest BCUT2D eigenvalue weighted by Crippen LogP contribution is 2.14. The van der Waals surface area contributed by atoms with Crippen molar-refractivity contribution >= 4 is 30.5 Å². The van der Waals surface area contributed by atoms with Crippen LogP contribution in [0.2, 0.25) is 0 Å². The predicted molar refractivity (Wildman–Crippen MR) is 103 cm³/mol. The van der Waals surface area contributed by atoms with Gasteiger partial charge in [0.05, 0.1) is 13.2 Å². The lowest BCUT2D eigenvalue weighted by Crippen LogP contribution is -2.40. The summed E-state index contributed by atoms with van der Waals surface area (Å²) in [7, 11) is 0. The minimum Gasteiger partial charge on any atom is -0.379 e. The van der Waals surface area contributed by atoms with E-state index < -0.39 is 0 Å². The van der Waals surface area contributed by atoms with Gasteiger partial charge in [-0.15, -0.1) is 24.8 Å². The van der Waals surface area contributed by atoms with Crippen molar-refractivity contribution < 1.29 is 4.74 Å². The van der Waals surface area contributed by atoms with E-state index in [-0.39, 0.29) is 24.8 Å². The van der Waals surface area contributed by atoms with Crippen LogP contribution in [0.4, 0.5) is 5.69 Å². The van der Waals surface area contributed by atoms with Gasteiger partial charge in [-0.05, 0) is 31.5 Å². The Bertz CT molecular complexity index is 393. The molecule has 0 spiro atoms. The minimum absolute atomic E-state index is 0. The van der Waals surface area contributed by atoms with E-state index in [1.54, 1.807) is 0 Å². The molecule has 0 saturated carbocycles. The van der Waals surface area contributed by atoms with E-state index >= 15 is 0 Å². The maximum absolute atomic E-state index is 5.36. The quantitative estimate of drug-likeness (QED) is 0.718. The second-order valence-electron chi connectivity index (χ2n) is 5.47. The number of ether oxygens (including phenoxy) is 1. The van der Waals surface area contributed by atoms with Crippen molar-refractivity contribution in [3.05, 3.63) is 29.8 Å². The fourth-order valence-electron chi connectivity index (χ4n) is 2.71. The summed E-state index contributed by atoms with van der Waals surface area (Å²) in [6.07, 6.45) is 0. The fourth-order valence-corrected chi connectivity index (χ4v) is 2.71. The summed E-state index contributed by atoms with van der Waals surface area (Å²) in [5.74, 6) is 0. The summed E-state index contributed by atoms with van der Waals surface area (Å²) in [5, 5.41) is 3.53. The minimum atomic E-state index is 0. The topological polar surface area (TPSA) is 27.7 Å². The number of nitrogens with one attached hydrogen (secondary N) is 1.